The molecule has 0 amide bonds. The van der Waals surface area contributed by atoms with Crippen LogP contribution in [0.2, 0.25) is 0 Å². The van der Waals surface area contributed by atoms with Gasteiger partial charge >= 0.3 is 5.82 Å². The van der Waals surface area contributed by atoms with Crippen molar-refractivity contribution in [1.29, 1.82) is 0 Å². The lowest BCUT2D eigenvalue weighted by Gasteiger charge is -1.97. The quantitative estimate of drug-likeness (QED) is 0.525. The number of aromatic nitrogens is 5. The number of hydrogen-bond donors (Lipinski definition) is 0. The summed E-state index contributed by atoms with van der Waals surface area (Å²) in [6, 6.07) is 5.82. The topological polar surface area (TPSA) is 56.7 Å². The highest BCUT2D eigenvalue weighted by molar-refractivity contribution is 5.74. The summed E-state index contributed by atoms with van der Waals surface area (Å²) in [5.41, 5.74) is 1.34. The third kappa shape index (κ3) is 1.25. The predicted octanol–water partition coefficient (Wildman–Crippen LogP) is 0.259. The lowest BCUT2D eigenvalue weighted by atomic mass is 10.4. The third-order valence-corrected chi connectivity index (χ3v) is 2.11. The second-order valence-electron chi connectivity index (χ2n) is 3.03. The fourth-order valence-corrected chi connectivity index (χ4v) is 1.44. The lowest BCUT2D eigenvalue weighted by Crippen LogP contribution is -2.30. The first kappa shape index (κ1) is 8.05. The molecule has 3 heterocycles. The van der Waals surface area contributed by atoms with Gasteiger partial charge < -0.3 is 15.0 Å². The first-order valence-electron chi connectivity index (χ1n) is 4.50. The van der Waals surface area contributed by atoms with Gasteiger partial charge in [0.15, 0.2) is 6.33 Å². The van der Waals surface area contributed by atoms with Crippen LogP contribution in [0, 0.1) is 0 Å². The molecule has 5 nitrogen and oxygen atoms in total. The molecule has 0 radical (unpaired) electrons. The number of rotatable bonds is 1. The van der Waals surface area contributed by atoms with Crippen LogP contribution in [0.1, 0.15) is 0 Å². The summed E-state index contributed by atoms with van der Waals surface area (Å²) < 4.78 is 1.89. The van der Waals surface area contributed by atoms with Crippen molar-refractivity contribution in [1.82, 2.24) is 19.9 Å². The summed E-state index contributed by atoms with van der Waals surface area (Å²) in [5.74, 6) is 0.748. The van der Waals surface area contributed by atoms with E-state index in [2.05, 4.69) is 19.9 Å². The summed E-state index contributed by atoms with van der Waals surface area (Å²) in [6.07, 6.45) is 6.81. The van der Waals surface area contributed by atoms with Crippen LogP contribution >= 0.6 is 0 Å². The molecule has 0 fully saturated rings. The first-order valence-corrected chi connectivity index (χ1v) is 4.50. The van der Waals surface area contributed by atoms with Crippen molar-refractivity contribution in [2.45, 2.75) is 0 Å². The lowest BCUT2D eigenvalue weighted by molar-refractivity contribution is -0.598. The monoisotopic (exact) mass is 197 g/mol. The van der Waals surface area contributed by atoms with E-state index < -0.39 is 0 Å². The van der Waals surface area contributed by atoms with E-state index in [1.807, 2.05) is 35.2 Å². The van der Waals surface area contributed by atoms with Crippen LogP contribution in [0.5, 0.6) is 0 Å². The zero-order valence-electron chi connectivity index (χ0n) is 7.78. The molecule has 3 aromatic heterocycles. The first-order chi connectivity index (χ1) is 7.45. The van der Waals surface area contributed by atoms with E-state index in [0.29, 0.717) is 11.2 Å². The smallest absolute Gasteiger partial charge is 0.338 e. The summed E-state index contributed by atoms with van der Waals surface area (Å²) >= 11 is 0. The Morgan fingerprint density at radius 2 is 1.87 bits per heavy atom. The minimum atomic E-state index is 0.622. The molecule has 0 saturated heterocycles. The minimum Gasteiger partial charge on any atom is -0.365 e. The minimum absolute atomic E-state index is 0.622. The maximum atomic E-state index is 4.20. The van der Waals surface area contributed by atoms with Crippen molar-refractivity contribution in [3.05, 3.63) is 43.2 Å². The van der Waals surface area contributed by atoms with E-state index in [0.717, 1.165) is 5.82 Å². The van der Waals surface area contributed by atoms with Crippen molar-refractivity contribution in [2.75, 3.05) is 0 Å². The van der Waals surface area contributed by atoms with Crippen LogP contribution in [-0.2, 0) is 0 Å². The molecule has 0 aliphatic carbocycles. The molecule has 3 rings (SSSR count). The highest BCUT2D eigenvalue weighted by Gasteiger charge is 2.09. The Balaban J connectivity index is 2.31. The molecule has 15 heavy (non-hydrogen) atoms. The molecule has 0 unspecified atom stereocenters. The highest BCUT2D eigenvalue weighted by Crippen LogP contribution is 2.07. The molecule has 72 valence electrons. The van der Waals surface area contributed by atoms with Crippen LogP contribution in [0.3, 0.4) is 0 Å². The Morgan fingerprint density at radius 1 is 1.00 bits per heavy atom. The van der Waals surface area contributed by atoms with E-state index in [1.165, 1.54) is 12.7 Å². The van der Waals surface area contributed by atoms with Crippen molar-refractivity contribution in [3.8, 4) is 5.82 Å². The summed E-state index contributed by atoms with van der Waals surface area (Å²) in [6.45, 7) is 0. The normalized spacial score (nSPS) is 10.7. The third-order valence-electron chi connectivity index (χ3n) is 2.11. The van der Waals surface area contributed by atoms with Crippen molar-refractivity contribution in [2.24, 2.45) is 0 Å². The molecule has 0 N–H and O–H groups in total. The number of pyridine rings is 1. The molecule has 0 aliphatic rings. The average molecular weight is 197 g/mol. The van der Waals surface area contributed by atoms with Crippen LogP contribution in [0.15, 0.2) is 43.2 Å². The van der Waals surface area contributed by atoms with Crippen molar-refractivity contribution < 1.29 is 4.57 Å². The van der Waals surface area contributed by atoms with E-state index >= 15 is 0 Å². The van der Waals surface area contributed by atoms with Crippen molar-refractivity contribution >= 4 is 11.2 Å². The molecule has 0 aliphatic heterocycles. The maximum Gasteiger partial charge on any atom is 0.338 e. The van der Waals surface area contributed by atoms with Gasteiger partial charge in [0.2, 0.25) is 0 Å². The predicted molar refractivity (Wildman–Crippen MR) is 52.2 cm³/mol. The van der Waals surface area contributed by atoms with Crippen LogP contribution in [0.25, 0.3) is 17.0 Å². The van der Waals surface area contributed by atoms with E-state index in [1.54, 1.807) is 0 Å². The second kappa shape index (κ2) is 3.13. The summed E-state index contributed by atoms with van der Waals surface area (Å²) in [7, 11) is 0. The molecule has 0 bridgehead atoms. The van der Waals surface area contributed by atoms with Crippen LogP contribution in [0.4, 0.5) is 0 Å². The van der Waals surface area contributed by atoms with Gasteiger partial charge in [-0.15, -0.1) is 0 Å². The Labute approximate surface area is 85.5 Å². The summed E-state index contributed by atoms with van der Waals surface area (Å²) in [5, 5.41) is 0. The summed E-state index contributed by atoms with van der Waals surface area (Å²) in [4.78, 5) is 16.4. The largest absolute Gasteiger partial charge is 0.365 e. The zero-order valence-corrected chi connectivity index (χ0v) is 7.78. The molecule has 0 atom stereocenters. The number of fused-ring (bicyclic) bond motifs is 1. The Bertz CT molecular complexity index is 587. The van der Waals surface area contributed by atoms with Gasteiger partial charge in [0.1, 0.15) is 5.52 Å². The second-order valence-corrected chi connectivity index (χ2v) is 3.03. The standard InChI is InChI=1S/C10H7N5/c1-2-4-15(5-3-1)10-8-9(12-6-11-8)13-7-14-10/h1-7H. The van der Waals surface area contributed by atoms with Gasteiger partial charge in [0.25, 0.3) is 0 Å². The number of nitrogens with zero attached hydrogens (tertiary/aromatic N) is 5. The van der Waals surface area contributed by atoms with Gasteiger partial charge in [0.05, 0.1) is 12.4 Å². The van der Waals surface area contributed by atoms with E-state index in [9.17, 15) is 0 Å². The van der Waals surface area contributed by atoms with Gasteiger partial charge in [-0.2, -0.15) is 0 Å². The fourth-order valence-electron chi connectivity index (χ4n) is 1.44. The molecule has 5 heteroatoms. The SMILES string of the molecule is c1cc[n+](-c2ncnc3[n-]cnc23)cc1. The molecule has 0 aromatic carbocycles. The molecule has 0 saturated carbocycles. The van der Waals surface area contributed by atoms with Gasteiger partial charge in [-0.05, 0) is 23.4 Å². The molecule has 0 spiro atoms. The van der Waals surface area contributed by atoms with E-state index in [-0.39, 0.29) is 0 Å². The Morgan fingerprint density at radius 3 is 2.73 bits per heavy atom. The van der Waals surface area contributed by atoms with Crippen LogP contribution in [-0.4, -0.2) is 15.0 Å². The van der Waals surface area contributed by atoms with Gasteiger partial charge in [-0.25, -0.2) is 4.57 Å². The molecular formula is C10H7N5. The van der Waals surface area contributed by atoms with Crippen molar-refractivity contribution in [3.63, 3.8) is 0 Å². The highest BCUT2D eigenvalue weighted by atomic mass is 15.1. The fraction of sp³-hybridized carbons (Fsp3) is 0. The zero-order chi connectivity index (χ0) is 10.1. The van der Waals surface area contributed by atoms with E-state index in [4.69, 9.17) is 0 Å². The van der Waals surface area contributed by atoms with Gasteiger partial charge in [0, 0.05) is 5.65 Å². The number of imidazole rings is 1. The number of hydrogen-bond acceptors (Lipinski definition) is 3. The van der Waals surface area contributed by atoms with Gasteiger partial charge in [-0.1, -0.05) is 6.07 Å². The Kier molecular flexibility index (Phi) is 1.68. The Hall–Kier alpha value is -2.30. The maximum absolute atomic E-state index is 4.20. The molecular weight excluding hydrogens is 190 g/mol. The molecule has 3 aromatic rings. The van der Waals surface area contributed by atoms with Crippen LogP contribution < -0.4 is 9.55 Å². The average Bonchev–Trinajstić information content (AvgIpc) is 2.78. The van der Waals surface area contributed by atoms with Gasteiger partial charge in [-0.3, -0.25) is 0 Å².